The van der Waals surface area contributed by atoms with Crippen LogP contribution in [0.4, 0.5) is 0 Å². The maximum absolute atomic E-state index is 12.5. The predicted octanol–water partition coefficient (Wildman–Crippen LogP) is 24.1. The van der Waals surface area contributed by atoms with Gasteiger partial charge in [0.15, 0.2) is 0 Å². The Hall–Kier alpha value is -1.66. The topological polar surface area (TPSA) is 95.9 Å². The van der Waals surface area contributed by atoms with Crippen molar-refractivity contribution in [1.82, 2.24) is 5.32 Å². The standard InChI is InChI=1S/C75H145NO5/c1-3-5-7-9-11-13-15-17-19-36-39-43-47-51-55-59-63-67-73(78)72(71-77)76-74(79)68-64-60-56-52-48-44-40-37-34-32-30-28-26-24-22-21-23-25-27-29-31-33-35-38-42-46-50-54-58-62-66-70-81-75(80)69-65-61-57-53-49-45-41-20-18-16-14-12-10-8-6-4-2/h20,41,63,67,72-73,77-78H,3-19,21-40,42-62,64-66,68-71H2,1-2H3,(H,76,79)/b41-20-,67-63+. The highest BCUT2D eigenvalue weighted by molar-refractivity contribution is 5.76. The van der Waals surface area contributed by atoms with Gasteiger partial charge < -0.3 is 20.3 Å². The molecule has 0 spiro atoms. The summed E-state index contributed by atoms with van der Waals surface area (Å²) in [4.78, 5) is 24.6. The van der Waals surface area contributed by atoms with Gasteiger partial charge in [-0.25, -0.2) is 0 Å². The number of aliphatic hydroxyl groups excluding tert-OH is 2. The number of carbonyl (C=O) groups excluding carboxylic acids is 2. The molecule has 0 aliphatic carbocycles. The van der Waals surface area contributed by atoms with Crippen molar-refractivity contribution in [1.29, 1.82) is 0 Å². The lowest BCUT2D eigenvalue weighted by Gasteiger charge is -2.20. The Morgan fingerprint density at radius 3 is 0.877 bits per heavy atom. The summed E-state index contributed by atoms with van der Waals surface area (Å²) in [5.41, 5.74) is 0. The number of amides is 1. The first-order valence-electron chi connectivity index (χ1n) is 37.1. The van der Waals surface area contributed by atoms with Crippen molar-refractivity contribution in [2.24, 2.45) is 0 Å². The number of aliphatic hydroxyl groups is 2. The Bertz CT molecular complexity index is 1270. The molecule has 0 radical (unpaired) electrons. The van der Waals surface area contributed by atoms with Gasteiger partial charge in [-0.05, 0) is 57.8 Å². The monoisotopic (exact) mass is 1140 g/mol. The SMILES string of the molecule is CCCCCCCCC/C=C\CCCCCCCC(=O)OCCCCCCCCCCCCCCCCCCCCCCCCCCCCCCCCCC(=O)NC(CO)C(O)/C=C/CCCCCCCCCCCCCCCCC. The molecule has 0 saturated carbocycles. The van der Waals surface area contributed by atoms with Crippen molar-refractivity contribution in [2.75, 3.05) is 13.2 Å². The first-order chi connectivity index (χ1) is 40.0. The molecule has 0 rings (SSSR count). The average molecular weight is 1140 g/mol. The van der Waals surface area contributed by atoms with E-state index < -0.39 is 12.1 Å². The van der Waals surface area contributed by atoms with Gasteiger partial charge in [0.25, 0.3) is 0 Å². The van der Waals surface area contributed by atoms with Crippen molar-refractivity contribution in [3.05, 3.63) is 24.3 Å². The Morgan fingerprint density at radius 1 is 0.333 bits per heavy atom. The van der Waals surface area contributed by atoms with E-state index in [4.69, 9.17) is 4.74 Å². The van der Waals surface area contributed by atoms with Crippen LogP contribution in [-0.4, -0.2) is 47.4 Å². The number of carbonyl (C=O) groups is 2. The first kappa shape index (κ1) is 79.3. The molecule has 0 aromatic carbocycles. The smallest absolute Gasteiger partial charge is 0.305 e. The van der Waals surface area contributed by atoms with E-state index in [0.717, 1.165) is 44.9 Å². The van der Waals surface area contributed by atoms with Crippen LogP contribution in [0.3, 0.4) is 0 Å². The van der Waals surface area contributed by atoms with E-state index >= 15 is 0 Å². The lowest BCUT2D eigenvalue weighted by Crippen LogP contribution is -2.45. The lowest BCUT2D eigenvalue weighted by atomic mass is 10.0. The minimum Gasteiger partial charge on any atom is -0.466 e. The molecule has 2 unspecified atom stereocenters. The fourth-order valence-corrected chi connectivity index (χ4v) is 11.8. The van der Waals surface area contributed by atoms with E-state index in [0.29, 0.717) is 19.4 Å². The number of hydrogen-bond acceptors (Lipinski definition) is 5. The highest BCUT2D eigenvalue weighted by Crippen LogP contribution is 2.19. The van der Waals surface area contributed by atoms with Gasteiger partial charge in [-0.2, -0.15) is 0 Å². The molecular formula is C75H145NO5. The number of nitrogens with one attached hydrogen (secondary N) is 1. The van der Waals surface area contributed by atoms with Crippen molar-refractivity contribution >= 4 is 11.9 Å². The Labute approximate surface area is 507 Å². The maximum atomic E-state index is 12.5. The molecule has 2 atom stereocenters. The zero-order chi connectivity index (χ0) is 58.5. The van der Waals surface area contributed by atoms with Crippen LogP contribution in [0, 0.1) is 0 Å². The van der Waals surface area contributed by atoms with Crippen LogP contribution in [-0.2, 0) is 14.3 Å². The quantitative estimate of drug-likeness (QED) is 0.0320. The molecule has 0 aliphatic rings. The number of allylic oxidation sites excluding steroid dienone is 3. The van der Waals surface area contributed by atoms with E-state index in [1.807, 2.05) is 6.08 Å². The molecule has 0 heterocycles. The van der Waals surface area contributed by atoms with Gasteiger partial charge in [0.2, 0.25) is 5.91 Å². The van der Waals surface area contributed by atoms with Crippen molar-refractivity contribution in [3.63, 3.8) is 0 Å². The summed E-state index contributed by atoms with van der Waals surface area (Å²) >= 11 is 0. The third kappa shape index (κ3) is 67.3. The highest BCUT2D eigenvalue weighted by Gasteiger charge is 2.18. The maximum Gasteiger partial charge on any atom is 0.305 e. The molecule has 81 heavy (non-hydrogen) atoms. The molecule has 0 saturated heterocycles. The molecule has 1 amide bonds. The van der Waals surface area contributed by atoms with Gasteiger partial charge >= 0.3 is 5.97 Å². The van der Waals surface area contributed by atoms with Crippen molar-refractivity contribution < 1.29 is 24.5 Å². The van der Waals surface area contributed by atoms with Gasteiger partial charge in [0, 0.05) is 12.8 Å². The predicted molar refractivity (Wildman–Crippen MR) is 356 cm³/mol. The summed E-state index contributed by atoms with van der Waals surface area (Å²) in [5, 5.41) is 23.2. The van der Waals surface area contributed by atoms with E-state index in [1.165, 1.54) is 347 Å². The zero-order valence-corrected chi connectivity index (χ0v) is 55.0. The first-order valence-corrected chi connectivity index (χ1v) is 37.1. The molecule has 3 N–H and O–H groups in total. The highest BCUT2D eigenvalue weighted by atomic mass is 16.5. The average Bonchev–Trinajstić information content (AvgIpc) is 3.47. The van der Waals surface area contributed by atoms with Gasteiger partial charge in [-0.3, -0.25) is 9.59 Å². The second-order valence-corrected chi connectivity index (χ2v) is 25.6. The zero-order valence-electron chi connectivity index (χ0n) is 55.0. The molecule has 6 heteroatoms. The minimum absolute atomic E-state index is 0.0138. The summed E-state index contributed by atoms with van der Waals surface area (Å²) in [7, 11) is 0. The number of ether oxygens (including phenoxy) is 1. The minimum atomic E-state index is -0.841. The Morgan fingerprint density at radius 2 is 0.580 bits per heavy atom. The molecule has 0 bridgehead atoms. The van der Waals surface area contributed by atoms with Crippen molar-refractivity contribution in [2.45, 2.75) is 431 Å². The van der Waals surface area contributed by atoms with Crippen LogP contribution in [0.5, 0.6) is 0 Å². The number of unbranched alkanes of at least 4 members (excludes halogenated alkanes) is 57. The summed E-state index contributed by atoms with van der Waals surface area (Å²) in [6.45, 7) is 4.94. The molecule has 480 valence electrons. The fraction of sp³-hybridized carbons (Fsp3) is 0.920. The summed E-state index contributed by atoms with van der Waals surface area (Å²) < 4.78 is 5.50. The largest absolute Gasteiger partial charge is 0.466 e. The molecule has 0 fully saturated rings. The third-order valence-corrected chi connectivity index (χ3v) is 17.5. The van der Waals surface area contributed by atoms with Crippen molar-refractivity contribution in [3.8, 4) is 0 Å². The fourth-order valence-electron chi connectivity index (χ4n) is 11.8. The summed E-state index contributed by atoms with van der Waals surface area (Å²) in [6, 6.07) is -0.625. The van der Waals surface area contributed by atoms with Gasteiger partial charge in [0.05, 0.1) is 25.4 Å². The van der Waals surface area contributed by atoms with Crippen LogP contribution in [0.25, 0.3) is 0 Å². The molecular weight excluding hydrogens is 995 g/mol. The number of rotatable bonds is 70. The van der Waals surface area contributed by atoms with Crippen LogP contribution in [0.1, 0.15) is 418 Å². The Kier molecular flexibility index (Phi) is 69.4. The van der Waals surface area contributed by atoms with E-state index in [9.17, 15) is 19.8 Å². The van der Waals surface area contributed by atoms with Crippen LogP contribution < -0.4 is 5.32 Å². The second kappa shape index (κ2) is 70.8. The molecule has 0 aromatic heterocycles. The number of hydrogen-bond donors (Lipinski definition) is 3. The van der Waals surface area contributed by atoms with Gasteiger partial charge in [-0.15, -0.1) is 0 Å². The number of esters is 1. The summed E-state index contributed by atoms with van der Waals surface area (Å²) in [5.74, 6) is -0.0466. The van der Waals surface area contributed by atoms with E-state index in [1.54, 1.807) is 6.08 Å². The Balaban J connectivity index is 3.34. The van der Waals surface area contributed by atoms with E-state index in [2.05, 4.69) is 31.3 Å². The molecule has 0 aliphatic heterocycles. The molecule has 6 nitrogen and oxygen atoms in total. The van der Waals surface area contributed by atoms with Gasteiger partial charge in [0.1, 0.15) is 0 Å². The molecule has 0 aromatic rings. The second-order valence-electron chi connectivity index (χ2n) is 25.6. The van der Waals surface area contributed by atoms with Crippen LogP contribution in [0.15, 0.2) is 24.3 Å². The van der Waals surface area contributed by atoms with Crippen LogP contribution in [0.2, 0.25) is 0 Å². The third-order valence-electron chi connectivity index (χ3n) is 17.5. The van der Waals surface area contributed by atoms with Crippen LogP contribution >= 0.6 is 0 Å². The van der Waals surface area contributed by atoms with E-state index in [-0.39, 0.29) is 18.5 Å². The summed E-state index contributed by atoms with van der Waals surface area (Å²) in [6.07, 6.45) is 89.9. The normalized spacial score (nSPS) is 12.6. The lowest BCUT2D eigenvalue weighted by molar-refractivity contribution is -0.143. The van der Waals surface area contributed by atoms with Gasteiger partial charge in [-0.1, -0.05) is 372 Å².